The van der Waals surface area contributed by atoms with Crippen molar-refractivity contribution in [1.29, 1.82) is 0 Å². The molecule has 0 amide bonds. The molecule has 1 aromatic rings. The fourth-order valence-electron chi connectivity index (χ4n) is 1.90. The maximum absolute atomic E-state index is 5.84. The molecule has 0 saturated carbocycles. The summed E-state index contributed by atoms with van der Waals surface area (Å²) in [6, 6.07) is 4.32. The van der Waals surface area contributed by atoms with Gasteiger partial charge in [-0.05, 0) is 25.5 Å². The SMILES string of the molecule is CCCCCCCC(C)Nc1ccnc(Cl)c1. The van der Waals surface area contributed by atoms with Crippen LogP contribution in [0.3, 0.4) is 0 Å². The summed E-state index contributed by atoms with van der Waals surface area (Å²) in [5.41, 5.74) is 1.06. The summed E-state index contributed by atoms with van der Waals surface area (Å²) in [7, 11) is 0. The smallest absolute Gasteiger partial charge is 0.131 e. The van der Waals surface area contributed by atoms with Gasteiger partial charge in [-0.25, -0.2) is 4.98 Å². The number of nitrogens with one attached hydrogen (secondary N) is 1. The molecule has 0 bridgehead atoms. The van der Waals surface area contributed by atoms with Gasteiger partial charge >= 0.3 is 0 Å². The van der Waals surface area contributed by atoms with Crippen LogP contribution in [0.1, 0.15) is 52.4 Å². The highest BCUT2D eigenvalue weighted by atomic mass is 35.5. The van der Waals surface area contributed by atoms with Gasteiger partial charge in [0.15, 0.2) is 0 Å². The second kappa shape index (κ2) is 8.35. The Morgan fingerprint density at radius 1 is 1.29 bits per heavy atom. The van der Waals surface area contributed by atoms with Crippen LogP contribution >= 0.6 is 11.6 Å². The Hall–Kier alpha value is -0.760. The van der Waals surface area contributed by atoms with Crippen LogP contribution in [-0.4, -0.2) is 11.0 Å². The highest BCUT2D eigenvalue weighted by molar-refractivity contribution is 6.29. The van der Waals surface area contributed by atoms with Crippen molar-refractivity contribution < 1.29 is 0 Å². The number of unbranched alkanes of at least 4 members (excludes halogenated alkanes) is 4. The first-order valence-electron chi connectivity index (χ1n) is 6.60. The quantitative estimate of drug-likeness (QED) is 0.527. The molecule has 17 heavy (non-hydrogen) atoms. The molecule has 0 aliphatic heterocycles. The first-order valence-corrected chi connectivity index (χ1v) is 6.98. The zero-order chi connectivity index (χ0) is 12.5. The van der Waals surface area contributed by atoms with Crippen molar-refractivity contribution >= 4 is 17.3 Å². The predicted octanol–water partition coefficient (Wildman–Crippen LogP) is 4.90. The molecular weight excluding hydrogens is 232 g/mol. The van der Waals surface area contributed by atoms with E-state index >= 15 is 0 Å². The number of rotatable bonds is 8. The Morgan fingerprint density at radius 2 is 2.06 bits per heavy atom. The van der Waals surface area contributed by atoms with Gasteiger partial charge in [0.05, 0.1) is 0 Å². The van der Waals surface area contributed by atoms with E-state index in [-0.39, 0.29) is 0 Å². The minimum Gasteiger partial charge on any atom is -0.382 e. The van der Waals surface area contributed by atoms with Crippen molar-refractivity contribution in [2.45, 2.75) is 58.4 Å². The normalized spacial score (nSPS) is 12.4. The molecule has 96 valence electrons. The number of anilines is 1. The van der Waals surface area contributed by atoms with Crippen molar-refractivity contribution in [2.24, 2.45) is 0 Å². The van der Waals surface area contributed by atoms with Crippen LogP contribution in [0.15, 0.2) is 18.3 Å². The lowest BCUT2D eigenvalue weighted by Crippen LogP contribution is -2.14. The first-order chi connectivity index (χ1) is 8.22. The van der Waals surface area contributed by atoms with E-state index in [2.05, 4.69) is 24.1 Å². The number of hydrogen-bond acceptors (Lipinski definition) is 2. The van der Waals surface area contributed by atoms with E-state index in [9.17, 15) is 0 Å². The van der Waals surface area contributed by atoms with E-state index in [4.69, 9.17) is 11.6 Å². The van der Waals surface area contributed by atoms with Crippen molar-refractivity contribution in [2.75, 3.05) is 5.32 Å². The van der Waals surface area contributed by atoms with Crippen molar-refractivity contribution in [3.05, 3.63) is 23.5 Å². The van der Waals surface area contributed by atoms with Crippen LogP contribution in [0.5, 0.6) is 0 Å². The van der Waals surface area contributed by atoms with Crippen LogP contribution in [0, 0.1) is 0 Å². The Kier molecular flexibility index (Phi) is 7.02. The number of aromatic nitrogens is 1. The largest absolute Gasteiger partial charge is 0.382 e. The lowest BCUT2D eigenvalue weighted by atomic mass is 10.1. The monoisotopic (exact) mass is 254 g/mol. The van der Waals surface area contributed by atoms with E-state index in [1.165, 1.54) is 38.5 Å². The van der Waals surface area contributed by atoms with Gasteiger partial charge in [0.2, 0.25) is 0 Å². The molecule has 1 atom stereocenters. The molecule has 0 radical (unpaired) electrons. The third-order valence-electron chi connectivity index (χ3n) is 2.88. The zero-order valence-corrected chi connectivity index (χ0v) is 11.6. The Labute approximate surface area is 110 Å². The van der Waals surface area contributed by atoms with Gasteiger partial charge in [-0.15, -0.1) is 0 Å². The van der Waals surface area contributed by atoms with Crippen LogP contribution in [0.4, 0.5) is 5.69 Å². The summed E-state index contributed by atoms with van der Waals surface area (Å²) >= 11 is 5.84. The highest BCUT2D eigenvalue weighted by Crippen LogP contribution is 2.15. The number of nitrogens with zero attached hydrogens (tertiary/aromatic N) is 1. The van der Waals surface area contributed by atoms with Crippen LogP contribution in [0.25, 0.3) is 0 Å². The second-order valence-electron chi connectivity index (χ2n) is 4.62. The third kappa shape index (κ3) is 6.52. The lowest BCUT2D eigenvalue weighted by molar-refractivity contribution is 0.578. The molecule has 1 heterocycles. The molecule has 1 unspecified atom stereocenters. The summed E-state index contributed by atoms with van der Waals surface area (Å²) in [4.78, 5) is 3.97. The van der Waals surface area contributed by atoms with E-state index in [0.717, 1.165) is 5.69 Å². The third-order valence-corrected chi connectivity index (χ3v) is 3.09. The fourth-order valence-corrected chi connectivity index (χ4v) is 2.08. The summed E-state index contributed by atoms with van der Waals surface area (Å²) in [5, 5.41) is 4.00. The van der Waals surface area contributed by atoms with Gasteiger partial charge < -0.3 is 5.32 Å². The van der Waals surface area contributed by atoms with Crippen molar-refractivity contribution in [3.8, 4) is 0 Å². The van der Waals surface area contributed by atoms with E-state index in [0.29, 0.717) is 11.2 Å². The average molecular weight is 255 g/mol. The molecule has 0 aliphatic rings. The fraction of sp³-hybridized carbons (Fsp3) is 0.643. The van der Waals surface area contributed by atoms with E-state index in [1.807, 2.05) is 12.1 Å². The molecule has 0 spiro atoms. The van der Waals surface area contributed by atoms with Gasteiger partial charge in [-0.1, -0.05) is 50.6 Å². The standard InChI is InChI=1S/C14H23ClN2/c1-3-4-5-6-7-8-12(2)17-13-9-10-16-14(15)11-13/h9-12H,3-8H2,1-2H3,(H,16,17). The van der Waals surface area contributed by atoms with Gasteiger partial charge in [0, 0.05) is 17.9 Å². The summed E-state index contributed by atoms with van der Waals surface area (Å²) in [5.74, 6) is 0. The molecule has 2 nitrogen and oxygen atoms in total. The molecular formula is C14H23ClN2. The van der Waals surface area contributed by atoms with Gasteiger partial charge in [-0.2, -0.15) is 0 Å². The molecule has 3 heteroatoms. The molecule has 0 saturated heterocycles. The maximum atomic E-state index is 5.84. The average Bonchev–Trinajstić information content (AvgIpc) is 2.29. The maximum Gasteiger partial charge on any atom is 0.131 e. The van der Waals surface area contributed by atoms with Gasteiger partial charge in [0.25, 0.3) is 0 Å². The molecule has 1 aromatic heterocycles. The first kappa shape index (κ1) is 14.3. The molecule has 1 N–H and O–H groups in total. The van der Waals surface area contributed by atoms with E-state index in [1.54, 1.807) is 6.20 Å². The Morgan fingerprint density at radius 3 is 2.76 bits per heavy atom. The lowest BCUT2D eigenvalue weighted by Gasteiger charge is -2.15. The van der Waals surface area contributed by atoms with Gasteiger partial charge in [-0.3, -0.25) is 0 Å². The Balaban J connectivity index is 2.18. The van der Waals surface area contributed by atoms with Crippen molar-refractivity contribution in [3.63, 3.8) is 0 Å². The van der Waals surface area contributed by atoms with Crippen LogP contribution in [0.2, 0.25) is 5.15 Å². The topological polar surface area (TPSA) is 24.9 Å². The number of hydrogen-bond donors (Lipinski definition) is 1. The van der Waals surface area contributed by atoms with Crippen LogP contribution < -0.4 is 5.32 Å². The highest BCUT2D eigenvalue weighted by Gasteiger charge is 2.02. The molecule has 0 aromatic carbocycles. The predicted molar refractivity (Wildman–Crippen MR) is 75.7 cm³/mol. The zero-order valence-electron chi connectivity index (χ0n) is 10.9. The van der Waals surface area contributed by atoms with E-state index < -0.39 is 0 Å². The molecule has 0 aliphatic carbocycles. The van der Waals surface area contributed by atoms with Crippen molar-refractivity contribution in [1.82, 2.24) is 4.98 Å². The van der Waals surface area contributed by atoms with Gasteiger partial charge in [0.1, 0.15) is 5.15 Å². The minimum atomic E-state index is 0.495. The molecule has 0 fully saturated rings. The van der Waals surface area contributed by atoms with Crippen LogP contribution in [-0.2, 0) is 0 Å². The number of pyridine rings is 1. The molecule has 1 rings (SSSR count). The Bertz CT molecular complexity index is 315. The number of halogens is 1. The summed E-state index contributed by atoms with van der Waals surface area (Å²) in [6.07, 6.45) is 9.63. The summed E-state index contributed by atoms with van der Waals surface area (Å²) < 4.78 is 0. The minimum absolute atomic E-state index is 0.495. The summed E-state index contributed by atoms with van der Waals surface area (Å²) in [6.45, 7) is 4.46. The second-order valence-corrected chi connectivity index (χ2v) is 5.00.